The fourth-order valence-corrected chi connectivity index (χ4v) is 1.92. The molecule has 4 heteroatoms. The van der Waals surface area contributed by atoms with E-state index in [2.05, 4.69) is 10.6 Å². The molecule has 3 nitrogen and oxygen atoms in total. The van der Waals surface area contributed by atoms with E-state index in [-0.39, 0.29) is 5.91 Å². The van der Waals surface area contributed by atoms with Gasteiger partial charge in [0, 0.05) is 12.6 Å². The molecular formula is C12H15ClN2O. The smallest absolute Gasteiger partial charge is 0.252 e. The van der Waals surface area contributed by atoms with Crippen LogP contribution < -0.4 is 10.6 Å². The van der Waals surface area contributed by atoms with Gasteiger partial charge in [0.1, 0.15) is 0 Å². The van der Waals surface area contributed by atoms with Gasteiger partial charge in [0.15, 0.2) is 0 Å². The topological polar surface area (TPSA) is 41.1 Å². The first-order valence-corrected chi connectivity index (χ1v) is 5.91. The summed E-state index contributed by atoms with van der Waals surface area (Å²) in [4.78, 5) is 11.7. The summed E-state index contributed by atoms with van der Waals surface area (Å²) < 4.78 is 0. The van der Waals surface area contributed by atoms with Crippen LogP contribution in [0, 0.1) is 0 Å². The first kappa shape index (κ1) is 11.4. The Bertz CT molecular complexity index is 377. The molecule has 0 aromatic heterocycles. The van der Waals surface area contributed by atoms with Crippen molar-refractivity contribution in [3.05, 3.63) is 34.9 Å². The van der Waals surface area contributed by atoms with E-state index >= 15 is 0 Å². The van der Waals surface area contributed by atoms with E-state index in [1.165, 1.54) is 6.42 Å². The Labute approximate surface area is 100 Å². The molecule has 1 atom stereocenters. The van der Waals surface area contributed by atoms with E-state index in [0.717, 1.165) is 13.0 Å². The lowest BCUT2D eigenvalue weighted by Crippen LogP contribution is -2.44. The van der Waals surface area contributed by atoms with E-state index in [1.807, 2.05) is 12.1 Å². The molecule has 1 saturated heterocycles. The molecule has 0 bridgehead atoms. The van der Waals surface area contributed by atoms with Gasteiger partial charge < -0.3 is 10.6 Å². The Balaban J connectivity index is 1.81. The number of hydrogen-bond donors (Lipinski definition) is 2. The average Bonchev–Trinajstić information content (AvgIpc) is 2.22. The number of carbonyl (C=O) groups excluding carboxylic acids is 1. The molecule has 16 heavy (non-hydrogen) atoms. The van der Waals surface area contributed by atoms with Crippen LogP contribution in [0.5, 0.6) is 0 Å². The summed E-state index contributed by atoms with van der Waals surface area (Å²) in [5.41, 5.74) is 0.547. The van der Waals surface area contributed by atoms with Crippen molar-refractivity contribution >= 4 is 17.5 Å². The minimum atomic E-state index is -0.0927. The number of amides is 1. The minimum absolute atomic E-state index is 0.0927. The van der Waals surface area contributed by atoms with Crippen LogP contribution in [0.15, 0.2) is 24.3 Å². The molecule has 86 valence electrons. The fraction of sp³-hybridized carbons (Fsp3) is 0.417. The molecule has 1 unspecified atom stereocenters. The normalized spacial score (nSPS) is 18.9. The predicted molar refractivity (Wildman–Crippen MR) is 64.8 cm³/mol. The zero-order chi connectivity index (χ0) is 11.4. The third-order valence-electron chi connectivity index (χ3n) is 2.82. The van der Waals surface area contributed by atoms with Crippen LogP contribution in [-0.4, -0.2) is 25.0 Å². The summed E-state index contributed by atoms with van der Waals surface area (Å²) in [7, 11) is 0. The summed E-state index contributed by atoms with van der Waals surface area (Å²) in [5.74, 6) is -0.0927. The molecule has 1 aromatic rings. The molecule has 2 rings (SSSR count). The molecule has 0 radical (unpaired) electrons. The average molecular weight is 239 g/mol. The first-order valence-electron chi connectivity index (χ1n) is 5.53. The summed E-state index contributed by atoms with van der Waals surface area (Å²) in [6, 6.07) is 7.67. The quantitative estimate of drug-likeness (QED) is 0.840. The van der Waals surface area contributed by atoms with E-state index in [9.17, 15) is 4.79 Å². The lowest BCUT2D eigenvalue weighted by molar-refractivity contribution is 0.0951. The molecule has 1 aromatic carbocycles. The first-order chi connectivity index (χ1) is 7.77. The largest absolute Gasteiger partial charge is 0.352 e. The maximum Gasteiger partial charge on any atom is 0.252 e. The molecular weight excluding hydrogens is 224 g/mol. The third-order valence-corrected chi connectivity index (χ3v) is 3.15. The SMILES string of the molecule is O=C(NCCC1CCN1)c1ccccc1Cl. The van der Waals surface area contributed by atoms with Gasteiger partial charge in [0.2, 0.25) is 0 Å². The van der Waals surface area contributed by atoms with Crippen LogP contribution in [-0.2, 0) is 0 Å². The lowest BCUT2D eigenvalue weighted by atomic mass is 10.0. The molecule has 1 aliphatic rings. The molecule has 1 amide bonds. The van der Waals surface area contributed by atoms with Crippen LogP contribution in [0.2, 0.25) is 5.02 Å². The van der Waals surface area contributed by atoms with Crippen molar-refractivity contribution in [3.8, 4) is 0 Å². The van der Waals surface area contributed by atoms with E-state index in [0.29, 0.717) is 23.2 Å². The van der Waals surface area contributed by atoms with Crippen LogP contribution in [0.25, 0.3) is 0 Å². The summed E-state index contributed by atoms with van der Waals surface area (Å²) >= 11 is 5.93. The second-order valence-corrected chi connectivity index (χ2v) is 4.37. The van der Waals surface area contributed by atoms with Gasteiger partial charge >= 0.3 is 0 Å². The van der Waals surface area contributed by atoms with Crippen LogP contribution >= 0.6 is 11.6 Å². The van der Waals surface area contributed by atoms with E-state index in [4.69, 9.17) is 11.6 Å². The lowest BCUT2D eigenvalue weighted by Gasteiger charge is -2.27. The second-order valence-electron chi connectivity index (χ2n) is 3.96. The number of rotatable bonds is 4. The monoisotopic (exact) mass is 238 g/mol. The van der Waals surface area contributed by atoms with Crippen LogP contribution in [0.4, 0.5) is 0 Å². The van der Waals surface area contributed by atoms with Crippen LogP contribution in [0.3, 0.4) is 0 Å². The second kappa shape index (κ2) is 5.32. The summed E-state index contributed by atoms with van der Waals surface area (Å²) in [5, 5.41) is 6.67. The van der Waals surface area contributed by atoms with Gasteiger partial charge in [-0.15, -0.1) is 0 Å². The highest BCUT2D eigenvalue weighted by Gasteiger charge is 2.16. The Hall–Kier alpha value is -1.06. The molecule has 0 aliphatic carbocycles. The Morgan fingerprint density at radius 3 is 2.88 bits per heavy atom. The highest BCUT2D eigenvalue weighted by atomic mass is 35.5. The Morgan fingerprint density at radius 1 is 1.50 bits per heavy atom. The van der Waals surface area contributed by atoms with Gasteiger partial charge in [-0.3, -0.25) is 4.79 Å². The van der Waals surface area contributed by atoms with Crippen molar-refractivity contribution in [2.24, 2.45) is 0 Å². The van der Waals surface area contributed by atoms with Gasteiger partial charge in [-0.2, -0.15) is 0 Å². The zero-order valence-corrected chi connectivity index (χ0v) is 9.76. The maximum absolute atomic E-state index is 11.7. The molecule has 1 aliphatic heterocycles. The molecule has 1 fully saturated rings. The molecule has 2 N–H and O–H groups in total. The van der Waals surface area contributed by atoms with Crippen molar-refractivity contribution in [1.29, 1.82) is 0 Å². The Kier molecular flexibility index (Phi) is 3.80. The fourth-order valence-electron chi connectivity index (χ4n) is 1.70. The van der Waals surface area contributed by atoms with Crippen molar-refractivity contribution in [2.45, 2.75) is 18.9 Å². The number of nitrogens with one attached hydrogen (secondary N) is 2. The van der Waals surface area contributed by atoms with Gasteiger partial charge in [-0.1, -0.05) is 23.7 Å². The molecule has 0 saturated carbocycles. The number of carbonyl (C=O) groups is 1. The van der Waals surface area contributed by atoms with Crippen LogP contribution in [0.1, 0.15) is 23.2 Å². The van der Waals surface area contributed by atoms with E-state index in [1.54, 1.807) is 12.1 Å². The van der Waals surface area contributed by atoms with Crippen molar-refractivity contribution in [3.63, 3.8) is 0 Å². The van der Waals surface area contributed by atoms with Gasteiger partial charge in [-0.05, 0) is 31.5 Å². The Morgan fingerprint density at radius 2 is 2.25 bits per heavy atom. The highest BCUT2D eigenvalue weighted by Crippen LogP contribution is 2.14. The van der Waals surface area contributed by atoms with Crippen molar-refractivity contribution < 1.29 is 4.79 Å². The highest BCUT2D eigenvalue weighted by molar-refractivity contribution is 6.33. The standard InChI is InChI=1S/C12H15ClN2O/c13-11-4-2-1-3-10(11)12(16)15-8-6-9-5-7-14-9/h1-4,9,14H,5-8H2,(H,15,16). The van der Waals surface area contributed by atoms with E-state index < -0.39 is 0 Å². The third kappa shape index (κ3) is 2.74. The summed E-state index contributed by atoms with van der Waals surface area (Å²) in [6.07, 6.45) is 2.19. The zero-order valence-electron chi connectivity index (χ0n) is 9.00. The molecule has 1 heterocycles. The number of hydrogen-bond acceptors (Lipinski definition) is 2. The van der Waals surface area contributed by atoms with Gasteiger partial charge in [-0.25, -0.2) is 0 Å². The maximum atomic E-state index is 11.7. The number of benzene rings is 1. The number of halogens is 1. The molecule has 0 spiro atoms. The minimum Gasteiger partial charge on any atom is -0.352 e. The van der Waals surface area contributed by atoms with Gasteiger partial charge in [0.25, 0.3) is 5.91 Å². The van der Waals surface area contributed by atoms with Crippen molar-refractivity contribution in [2.75, 3.05) is 13.1 Å². The predicted octanol–water partition coefficient (Wildman–Crippen LogP) is 1.82. The van der Waals surface area contributed by atoms with Crippen molar-refractivity contribution in [1.82, 2.24) is 10.6 Å². The van der Waals surface area contributed by atoms with Gasteiger partial charge in [0.05, 0.1) is 10.6 Å². The summed E-state index contributed by atoms with van der Waals surface area (Å²) in [6.45, 7) is 1.80.